The van der Waals surface area contributed by atoms with Gasteiger partial charge in [-0.25, -0.2) is 0 Å². The number of hydrogen-bond donors (Lipinski definition) is 0. The Morgan fingerprint density at radius 2 is 1.83 bits per heavy atom. The van der Waals surface area contributed by atoms with Crippen LogP contribution in [-0.2, 0) is 4.74 Å². The van der Waals surface area contributed by atoms with Gasteiger partial charge in [0.05, 0.1) is 17.9 Å². The number of aryl methyl sites for hydroxylation is 1. The molecule has 96 valence electrons. The van der Waals surface area contributed by atoms with Crippen molar-refractivity contribution < 1.29 is 4.74 Å². The summed E-state index contributed by atoms with van der Waals surface area (Å²) in [4.78, 5) is 2.09. The van der Waals surface area contributed by atoms with Crippen LogP contribution in [0.4, 0.5) is 5.82 Å². The van der Waals surface area contributed by atoms with Gasteiger partial charge in [-0.1, -0.05) is 0 Å². The highest BCUT2D eigenvalue weighted by atomic mass is 16.5. The quantitative estimate of drug-likeness (QED) is 0.752. The van der Waals surface area contributed by atoms with Crippen LogP contribution in [0.3, 0.4) is 0 Å². The third kappa shape index (κ3) is 2.29. The number of nitriles is 1. The molecule has 0 N–H and O–H groups in total. The van der Waals surface area contributed by atoms with Crippen LogP contribution in [-0.4, -0.2) is 35.5 Å². The van der Waals surface area contributed by atoms with Gasteiger partial charge in [0.25, 0.3) is 0 Å². The molecule has 2 atom stereocenters. The second kappa shape index (κ2) is 4.91. The van der Waals surface area contributed by atoms with Crippen molar-refractivity contribution in [1.82, 2.24) is 10.2 Å². The molecule has 5 nitrogen and oxygen atoms in total. The molecule has 0 bridgehead atoms. The van der Waals surface area contributed by atoms with Crippen molar-refractivity contribution in [3.8, 4) is 6.07 Å². The summed E-state index contributed by atoms with van der Waals surface area (Å²) in [5.41, 5.74) is 2.35. The van der Waals surface area contributed by atoms with Crippen molar-refractivity contribution in [1.29, 1.82) is 5.26 Å². The Kier molecular flexibility index (Phi) is 3.48. The van der Waals surface area contributed by atoms with Crippen molar-refractivity contribution >= 4 is 5.82 Å². The predicted octanol–water partition coefficient (Wildman–Crippen LogP) is 1.58. The molecular weight excluding hydrogens is 228 g/mol. The minimum Gasteiger partial charge on any atom is -0.372 e. The first-order chi connectivity index (χ1) is 8.52. The first-order valence-electron chi connectivity index (χ1n) is 6.17. The average molecular weight is 246 g/mol. The average Bonchev–Trinajstić information content (AvgIpc) is 2.31. The SMILES string of the molecule is Cc1nnc(N2C[C@@H](C)O[C@@H](C)C2)c(C#N)c1C. The molecule has 0 amide bonds. The molecule has 1 aromatic rings. The maximum Gasteiger partial charge on any atom is 0.169 e. The molecule has 1 saturated heterocycles. The van der Waals surface area contributed by atoms with Gasteiger partial charge in [-0.2, -0.15) is 10.4 Å². The Morgan fingerprint density at radius 1 is 1.22 bits per heavy atom. The molecule has 1 fully saturated rings. The van der Waals surface area contributed by atoms with Crippen LogP contribution in [0.2, 0.25) is 0 Å². The summed E-state index contributed by atoms with van der Waals surface area (Å²) in [7, 11) is 0. The number of hydrogen-bond acceptors (Lipinski definition) is 5. The summed E-state index contributed by atoms with van der Waals surface area (Å²) in [6, 6.07) is 2.25. The van der Waals surface area contributed by atoms with Crippen molar-refractivity contribution in [2.24, 2.45) is 0 Å². The predicted molar refractivity (Wildman–Crippen MR) is 68.4 cm³/mol. The van der Waals surface area contributed by atoms with Crippen LogP contribution in [0.1, 0.15) is 30.7 Å². The molecule has 0 saturated carbocycles. The summed E-state index contributed by atoms with van der Waals surface area (Å²) in [5, 5.41) is 17.6. The van der Waals surface area contributed by atoms with E-state index in [1.54, 1.807) is 0 Å². The van der Waals surface area contributed by atoms with Gasteiger partial charge in [-0.3, -0.25) is 0 Å². The summed E-state index contributed by atoms with van der Waals surface area (Å²) in [6.07, 6.45) is 0.285. The van der Waals surface area contributed by atoms with Crippen LogP contribution in [0.15, 0.2) is 0 Å². The molecule has 0 aliphatic carbocycles. The summed E-state index contributed by atoms with van der Waals surface area (Å²) in [6.45, 7) is 9.34. The molecule has 5 heteroatoms. The zero-order valence-corrected chi connectivity index (χ0v) is 11.3. The highest BCUT2D eigenvalue weighted by molar-refractivity contribution is 5.57. The number of ether oxygens (including phenoxy) is 1. The zero-order chi connectivity index (χ0) is 13.3. The third-order valence-corrected chi connectivity index (χ3v) is 3.27. The Labute approximate surface area is 107 Å². The van der Waals surface area contributed by atoms with Crippen molar-refractivity contribution in [2.45, 2.75) is 39.9 Å². The monoisotopic (exact) mass is 246 g/mol. The van der Waals surface area contributed by atoms with Gasteiger partial charge in [-0.05, 0) is 33.3 Å². The van der Waals surface area contributed by atoms with Gasteiger partial charge in [0.2, 0.25) is 0 Å². The molecule has 1 aliphatic heterocycles. The highest BCUT2D eigenvalue weighted by Gasteiger charge is 2.26. The van der Waals surface area contributed by atoms with Gasteiger partial charge in [0.15, 0.2) is 5.82 Å². The Hall–Kier alpha value is -1.67. The standard InChI is InChI=1S/C13H18N4O/c1-8-6-17(7-9(2)18-8)13-12(5-14)10(3)11(4)15-16-13/h8-9H,6-7H2,1-4H3/t8-,9+. The van der Waals surface area contributed by atoms with E-state index >= 15 is 0 Å². The van der Waals surface area contributed by atoms with Crippen molar-refractivity contribution in [3.05, 3.63) is 16.8 Å². The Morgan fingerprint density at radius 3 is 2.39 bits per heavy atom. The normalized spacial score (nSPS) is 23.8. The Bertz CT molecular complexity index is 484. The van der Waals surface area contributed by atoms with E-state index in [0.717, 1.165) is 24.3 Å². The zero-order valence-electron chi connectivity index (χ0n) is 11.3. The second-order valence-electron chi connectivity index (χ2n) is 4.88. The van der Waals surface area contributed by atoms with Crippen LogP contribution < -0.4 is 4.90 Å². The van der Waals surface area contributed by atoms with E-state index in [1.807, 2.05) is 27.7 Å². The molecule has 1 aromatic heterocycles. The fraction of sp³-hybridized carbons (Fsp3) is 0.615. The van der Waals surface area contributed by atoms with Crippen LogP contribution >= 0.6 is 0 Å². The number of morpholine rings is 1. The fourth-order valence-electron chi connectivity index (χ4n) is 2.30. The van der Waals surface area contributed by atoms with E-state index < -0.39 is 0 Å². The minimum absolute atomic E-state index is 0.142. The fourth-order valence-corrected chi connectivity index (χ4v) is 2.30. The lowest BCUT2D eigenvalue weighted by Crippen LogP contribution is -2.46. The Balaban J connectivity index is 2.39. The summed E-state index contributed by atoms with van der Waals surface area (Å²) < 4.78 is 5.69. The van der Waals surface area contributed by atoms with E-state index in [4.69, 9.17) is 4.74 Å². The first-order valence-corrected chi connectivity index (χ1v) is 6.17. The minimum atomic E-state index is 0.142. The molecule has 18 heavy (non-hydrogen) atoms. The van der Waals surface area contributed by atoms with Gasteiger partial charge < -0.3 is 9.64 Å². The van der Waals surface area contributed by atoms with E-state index in [0.29, 0.717) is 11.4 Å². The summed E-state index contributed by atoms with van der Waals surface area (Å²) in [5.74, 6) is 0.683. The van der Waals surface area contributed by atoms with Crippen molar-refractivity contribution in [2.75, 3.05) is 18.0 Å². The molecule has 1 aliphatic rings. The van der Waals surface area contributed by atoms with Crippen LogP contribution in [0.5, 0.6) is 0 Å². The topological polar surface area (TPSA) is 62.0 Å². The van der Waals surface area contributed by atoms with Crippen LogP contribution in [0.25, 0.3) is 0 Å². The molecule has 2 heterocycles. The van der Waals surface area contributed by atoms with Gasteiger partial charge in [0.1, 0.15) is 11.6 Å². The molecule has 2 rings (SSSR count). The van der Waals surface area contributed by atoms with Gasteiger partial charge >= 0.3 is 0 Å². The largest absolute Gasteiger partial charge is 0.372 e. The van der Waals surface area contributed by atoms with Crippen molar-refractivity contribution in [3.63, 3.8) is 0 Å². The molecule has 0 spiro atoms. The molecule has 0 aromatic carbocycles. The first kappa shape index (κ1) is 12.8. The molecule has 0 unspecified atom stereocenters. The molecular formula is C13H18N4O. The smallest absolute Gasteiger partial charge is 0.169 e. The highest BCUT2D eigenvalue weighted by Crippen LogP contribution is 2.24. The molecule has 0 radical (unpaired) electrons. The third-order valence-electron chi connectivity index (χ3n) is 3.27. The lowest BCUT2D eigenvalue weighted by molar-refractivity contribution is -0.00552. The van der Waals surface area contributed by atoms with Gasteiger partial charge in [-0.15, -0.1) is 5.10 Å². The van der Waals surface area contributed by atoms with E-state index in [2.05, 4.69) is 21.2 Å². The maximum atomic E-state index is 9.31. The van der Waals surface area contributed by atoms with E-state index in [-0.39, 0.29) is 12.2 Å². The maximum absolute atomic E-state index is 9.31. The number of nitrogens with zero attached hydrogens (tertiary/aromatic N) is 4. The van der Waals surface area contributed by atoms with E-state index in [9.17, 15) is 5.26 Å². The second-order valence-corrected chi connectivity index (χ2v) is 4.88. The van der Waals surface area contributed by atoms with E-state index in [1.165, 1.54) is 0 Å². The van der Waals surface area contributed by atoms with Crippen LogP contribution in [0, 0.1) is 25.2 Å². The number of aromatic nitrogens is 2. The lowest BCUT2D eigenvalue weighted by Gasteiger charge is -2.36. The lowest BCUT2D eigenvalue weighted by atomic mass is 10.1. The number of rotatable bonds is 1. The summed E-state index contributed by atoms with van der Waals surface area (Å²) >= 11 is 0. The number of anilines is 1. The van der Waals surface area contributed by atoms with Gasteiger partial charge in [0, 0.05) is 13.1 Å².